The Morgan fingerprint density at radius 3 is 2.35 bits per heavy atom. The highest BCUT2D eigenvalue weighted by Crippen LogP contribution is 2.61. The highest BCUT2D eigenvalue weighted by Gasteiger charge is 2.55. The van der Waals surface area contributed by atoms with Gasteiger partial charge < -0.3 is 0 Å². The van der Waals surface area contributed by atoms with Crippen LogP contribution in [-0.4, -0.2) is 25.8 Å². The topological polar surface area (TPSA) is 47.8 Å². The van der Waals surface area contributed by atoms with Crippen LogP contribution in [0.1, 0.15) is 45.4 Å². The van der Waals surface area contributed by atoms with Crippen LogP contribution in [0.2, 0.25) is 0 Å². The molecule has 1 aromatic carbocycles. The molecule has 6 rings (SSSR count). The van der Waals surface area contributed by atoms with Gasteiger partial charge in [0.25, 0.3) is 0 Å². The Labute approximate surface area is 158 Å². The van der Waals surface area contributed by atoms with Crippen molar-refractivity contribution in [1.29, 1.82) is 0 Å². The third-order valence-electron chi connectivity index (χ3n) is 6.76. The number of ketones is 1. The van der Waals surface area contributed by atoms with Gasteiger partial charge in [0, 0.05) is 11.1 Å². The molecule has 4 fully saturated rings. The van der Waals surface area contributed by atoms with Gasteiger partial charge in [0.15, 0.2) is 10.9 Å². The molecule has 26 heavy (non-hydrogen) atoms. The van der Waals surface area contributed by atoms with Crippen molar-refractivity contribution < 1.29 is 4.79 Å². The number of nitrogens with zero attached hydrogens (tertiary/aromatic N) is 3. The first-order chi connectivity index (χ1) is 12.6. The first-order valence-electron chi connectivity index (χ1n) is 9.79. The van der Waals surface area contributed by atoms with Crippen LogP contribution in [0.15, 0.2) is 41.8 Å². The quantitative estimate of drug-likeness (QED) is 0.728. The van der Waals surface area contributed by atoms with E-state index in [4.69, 9.17) is 0 Å². The molecule has 4 aliphatic rings. The van der Waals surface area contributed by atoms with E-state index in [0.717, 1.165) is 47.9 Å². The summed E-state index contributed by atoms with van der Waals surface area (Å²) < 4.78 is 1.98. The minimum atomic E-state index is -0.0714. The maximum atomic E-state index is 13.5. The Kier molecular flexibility index (Phi) is 3.96. The van der Waals surface area contributed by atoms with Crippen molar-refractivity contribution in [2.75, 3.05) is 0 Å². The molecule has 4 aliphatic carbocycles. The van der Waals surface area contributed by atoms with Gasteiger partial charge in [0.1, 0.15) is 6.33 Å². The van der Waals surface area contributed by atoms with E-state index in [9.17, 15) is 4.79 Å². The zero-order valence-corrected chi connectivity index (χ0v) is 16.0. The molecule has 0 amide bonds. The molecule has 0 aliphatic heterocycles. The predicted molar refractivity (Wildman–Crippen MR) is 102 cm³/mol. The predicted octanol–water partition coefficient (Wildman–Crippen LogP) is 4.53. The van der Waals surface area contributed by atoms with Gasteiger partial charge in [-0.15, -0.1) is 10.2 Å². The standard InChI is InChI=1S/C21H25N3OS/c1-14(26-20-23-22-13-24(20)18-5-3-2-4-6-18)19(25)21-10-15-7-16(11-21)9-17(8-15)12-21/h2-6,13-17H,7-12H2,1H3. The van der Waals surface area contributed by atoms with Gasteiger partial charge in [-0.05, 0) is 75.3 Å². The van der Waals surface area contributed by atoms with Gasteiger partial charge in [0.05, 0.1) is 5.25 Å². The number of carbonyl (C=O) groups is 1. The van der Waals surface area contributed by atoms with E-state index in [1.165, 1.54) is 19.3 Å². The van der Waals surface area contributed by atoms with E-state index < -0.39 is 0 Å². The van der Waals surface area contributed by atoms with E-state index >= 15 is 0 Å². The lowest BCUT2D eigenvalue weighted by atomic mass is 9.48. The zero-order valence-electron chi connectivity index (χ0n) is 15.2. The zero-order chi connectivity index (χ0) is 17.7. The summed E-state index contributed by atoms with van der Waals surface area (Å²) in [5, 5.41) is 9.10. The van der Waals surface area contributed by atoms with Gasteiger partial charge in [0.2, 0.25) is 0 Å². The van der Waals surface area contributed by atoms with Crippen molar-refractivity contribution in [1.82, 2.24) is 14.8 Å². The molecule has 4 bridgehead atoms. The van der Waals surface area contributed by atoms with E-state index in [1.54, 1.807) is 18.1 Å². The number of rotatable bonds is 5. The van der Waals surface area contributed by atoms with Crippen LogP contribution in [0.25, 0.3) is 5.69 Å². The van der Waals surface area contributed by atoms with Crippen molar-refractivity contribution in [3.63, 3.8) is 0 Å². The second-order valence-electron chi connectivity index (χ2n) is 8.64. The van der Waals surface area contributed by atoms with Crippen LogP contribution in [0.3, 0.4) is 0 Å². The van der Waals surface area contributed by atoms with Crippen molar-refractivity contribution in [2.45, 2.75) is 55.9 Å². The molecule has 4 saturated carbocycles. The average molecular weight is 368 g/mol. The highest BCUT2D eigenvalue weighted by molar-refractivity contribution is 8.00. The molecule has 0 N–H and O–H groups in total. The van der Waals surface area contributed by atoms with Crippen molar-refractivity contribution in [3.8, 4) is 5.69 Å². The minimum absolute atomic E-state index is 0.0429. The first kappa shape index (κ1) is 16.5. The van der Waals surface area contributed by atoms with Gasteiger partial charge in [-0.25, -0.2) is 0 Å². The fourth-order valence-electron chi connectivity index (χ4n) is 6.13. The van der Waals surface area contributed by atoms with E-state index in [1.807, 2.05) is 34.9 Å². The largest absolute Gasteiger partial charge is 0.298 e. The van der Waals surface area contributed by atoms with Gasteiger partial charge in [-0.2, -0.15) is 0 Å². The Hall–Kier alpha value is -1.62. The summed E-state index contributed by atoms with van der Waals surface area (Å²) in [4.78, 5) is 13.5. The Bertz CT molecular complexity index is 780. The van der Waals surface area contributed by atoms with E-state index in [-0.39, 0.29) is 10.7 Å². The lowest BCUT2D eigenvalue weighted by Gasteiger charge is -2.56. The van der Waals surface area contributed by atoms with Gasteiger partial charge in [-0.3, -0.25) is 9.36 Å². The summed E-state index contributed by atoms with van der Waals surface area (Å²) in [6.45, 7) is 2.07. The SMILES string of the molecule is CC(Sc1nncn1-c1ccccc1)C(=O)C12CC3CC(CC(C3)C1)C2. The number of benzene rings is 1. The number of aromatic nitrogens is 3. The summed E-state index contributed by atoms with van der Waals surface area (Å²) in [6.07, 6.45) is 9.25. The van der Waals surface area contributed by atoms with E-state index in [0.29, 0.717) is 5.78 Å². The number of para-hydroxylation sites is 1. The lowest BCUT2D eigenvalue weighted by molar-refractivity contribution is -0.142. The molecule has 0 spiro atoms. The molecule has 0 radical (unpaired) electrons. The molecule has 0 saturated heterocycles. The van der Waals surface area contributed by atoms with Gasteiger partial charge in [-0.1, -0.05) is 30.0 Å². The van der Waals surface area contributed by atoms with Crippen LogP contribution < -0.4 is 0 Å². The van der Waals surface area contributed by atoms with Crippen molar-refractivity contribution in [2.24, 2.45) is 23.2 Å². The third-order valence-corrected chi connectivity index (χ3v) is 7.82. The molecule has 136 valence electrons. The molecule has 1 atom stereocenters. The average Bonchev–Trinajstić information content (AvgIpc) is 3.08. The number of hydrogen-bond donors (Lipinski definition) is 0. The Morgan fingerprint density at radius 1 is 1.12 bits per heavy atom. The summed E-state index contributed by atoms with van der Waals surface area (Å²) in [7, 11) is 0. The first-order valence-corrected chi connectivity index (χ1v) is 10.7. The molecule has 2 aromatic rings. The maximum Gasteiger partial charge on any atom is 0.196 e. The summed E-state index contributed by atoms with van der Waals surface area (Å²) in [6, 6.07) is 10.1. The second kappa shape index (κ2) is 6.22. The van der Waals surface area contributed by atoms with Crippen LogP contribution in [0.5, 0.6) is 0 Å². The number of carbonyl (C=O) groups excluding carboxylic acids is 1. The smallest absolute Gasteiger partial charge is 0.196 e. The lowest BCUT2D eigenvalue weighted by Crippen LogP contribution is -2.51. The van der Waals surface area contributed by atoms with Crippen molar-refractivity contribution >= 4 is 17.5 Å². The normalized spacial score (nSPS) is 33.3. The highest BCUT2D eigenvalue weighted by atomic mass is 32.2. The fourth-order valence-corrected chi connectivity index (χ4v) is 7.16. The summed E-state index contributed by atoms with van der Waals surface area (Å²) in [5.74, 6) is 2.87. The molecular formula is C21H25N3OS. The molecule has 5 heteroatoms. The van der Waals surface area contributed by atoms with Crippen LogP contribution in [0.4, 0.5) is 0 Å². The van der Waals surface area contributed by atoms with Crippen molar-refractivity contribution in [3.05, 3.63) is 36.7 Å². The van der Waals surface area contributed by atoms with Gasteiger partial charge >= 0.3 is 0 Å². The fraction of sp³-hybridized carbons (Fsp3) is 0.571. The molecule has 1 aromatic heterocycles. The third kappa shape index (κ3) is 2.72. The maximum absolute atomic E-state index is 13.5. The van der Waals surface area contributed by atoms with Crippen LogP contribution in [-0.2, 0) is 4.79 Å². The number of Topliss-reactive ketones (excluding diaryl/α,β-unsaturated/α-hetero) is 1. The summed E-state index contributed by atoms with van der Waals surface area (Å²) in [5.41, 5.74) is 0.994. The number of thioether (sulfide) groups is 1. The molecule has 1 heterocycles. The van der Waals surface area contributed by atoms with Crippen LogP contribution in [0, 0.1) is 23.2 Å². The molecule has 4 nitrogen and oxygen atoms in total. The Balaban J connectivity index is 1.36. The van der Waals surface area contributed by atoms with Crippen LogP contribution >= 0.6 is 11.8 Å². The second-order valence-corrected chi connectivity index (χ2v) is 9.95. The Morgan fingerprint density at radius 2 is 1.73 bits per heavy atom. The monoisotopic (exact) mass is 367 g/mol. The molecular weight excluding hydrogens is 342 g/mol. The van der Waals surface area contributed by atoms with E-state index in [2.05, 4.69) is 17.1 Å². The number of hydrogen-bond acceptors (Lipinski definition) is 4. The molecule has 1 unspecified atom stereocenters. The summed E-state index contributed by atoms with van der Waals surface area (Å²) >= 11 is 1.57. The minimum Gasteiger partial charge on any atom is -0.298 e.